The van der Waals surface area contributed by atoms with Crippen LogP contribution in [0.3, 0.4) is 0 Å². The van der Waals surface area contributed by atoms with Crippen molar-refractivity contribution in [2.45, 2.75) is 0 Å². The smallest absolute Gasteiger partial charge is 0.0998 e. The van der Waals surface area contributed by atoms with Gasteiger partial charge in [-0.15, -0.1) is 0 Å². The van der Waals surface area contributed by atoms with Gasteiger partial charge in [0, 0.05) is 54.9 Å². The summed E-state index contributed by atoms with van der Waals surface area (Å²) in [4.78, 5) is 0. The lowest BCUT2D eigenvalue weighted by Gasteiger charge is -2.14. The number of hydrogen-bond acceptors (Lipinski definition) is 2. The number of rotatable bonds is 5. The average Bonchev–Trinajstić information content (AvgIpc) is 3.96. The largest absolute Gasteiger partial charge is 0.309 e. The van der Waals surface area contributed by atoms with Crippen molar-refractivity contribution < 1.29 is 0 Å². The van der Waals surface area contributed by atoms with Crippen molar-refractivity contribution in [3.8, 4) is 51.5 Å². The van der Waals surface area contributed by atoms with E-state index in [1.807, 2.05) is 30.3 Å². The molecule has 0 N–H and O–H groups in total. The molecule has 12 rings (SSSR count). The summed E-state index contributed by atoms with van der Waals surface area (Å²) in [7, 11) is 0. The van der Waals surface area contributed by atoms with Gasteiger partial charge in [-0.3, -0.25) is 0 Å². The molecular formula is C56H33N5. The third kappa shape index (κ3) is 5.25. The predicted octanol–water partition coefficient (Wildman–Crippen LogP) is 14.1. The average molecular weight is 776 g/mol. The minimum atomic E-state index is 0.601. The van der Waals surface area contributed by atoms with Gasteiger partial charge in [0.15, 0.2) is 0 Å². The Labute approximate surface area is 351 Å². The molecule has 0 aliphatic carbocycles. The zero-order valence-corrected chi connectivity index (χ0v) is 32.8. The third-order valence-corrected chi connectivity index (χ3v) is 12.3. The van der Waals surface area contributed by atoms with Crippen LogP contribution in [0.15, 0.2) is 200 Å². The Balaban J connectivity index is 1.02. The minimum Gasteiger partial charge on any atom is -0.309 e. The van der Waals surface area contributed by atoms with Crippen LogP contribution in [0, 0.1) is 22.7 Å². The van der Waals surface area contributed by atoms with E-state index in [4.69, 9.17) is 0 Å². The molecule has 0 saturated heterocycles. The monoisotopic (exact) mass is 775 g/mol. The van der Waals surface area contributed by atoms with Gasteiger partial charge in [0.25, 0.3) is 0 Å². The maximum atomic E-state index is 10.5. The molecule has 0 fully saturated rings. The fourth-order valence-electron chi connectivity index (χ4n) is 9.58. The van der Waals surface area contributed by atoms with Crippen LogP contribution in [0.2, 0.25) is 0 Å². The SMILES string of the molecule is N#Cc1ccc2c(c1)c1cc(-c3ccccc3)ccc1n2-c1cccc(-c2cc(-n3c4ccccc4c4cc(-n5c6ccccc6c6ccccc65)ccc43)ccc2C#N)c1. The molecule has 0 bridgehead atoms. The van der Waals surface area contributed by atoms with Crippen LogP contribution in [0.4, 0.5) is 0 Å². The van der Waals surface area contributed by atoms with Gasteiger partial charge in [-0.2, -0.15) is 10.5 Å². The first-order chi connectivity index (χ1) is 30.2. The van der Waals surface area contributed by atoms with Gasteiger partial charge in [-0.25, -0.2) is 0 Å². The van der Waals surface area contributed by atoms with E-state index in [0.29, 0.717) is 11.1 Å². The molecule has 3 aromatic heterocycles. The molecule has 0 atom stereocenters. The lowest BCUT2D eigenvalue weighted by Crippen LogP contribution is -1.98. The van der Waals surface area contributed by atoms with Crippen LogP contribution in [0.25, 0.3) is 105 Å². The van der Waals surface area contributed by atoms with Crippen molar-refractivity contribution in [1.29, 1.82) is 10.5 Å². The maximum absolute atomic E-state index is 10.5. The van der Waals surface area contributed by atoms with Gasteiger partial charge in [-0.1, -0.05) is 103 Å². The summed E-state index contributed by atoms with van der Waals surface area (Å²) in [6, 6.07) is 74.8. The highest BCUT2D eigenvalue weighted by molar-refractivity contribution is 6.13. The summed E-state index contributed by atoms with van der Waals surface area (Å²) in [5.74, 6) is 0. The molecule has 61 heavy (non-hydrogen) atoms. The lowest BCUT2D eigenvalue weighted by molar-refractivity contribution is 1.16. The van der Waals surface area contributed by atoms with Crippen molar-refractivity contribution in [1.82, 2.24) is 13.7 Å². The van der Waals surface area contributed by atoms with Gasteiger partial charge in [0.1, 0.15) is 0 Å². The Morgan fingerprint density at radius 1 is 0.295 bits per heavy atom. The zero-order chi connectivity index (χ0) is 40.6. The van der Waals surface area contributed by atoms with Crippen LogP contribution in [0.1, 0.15) is 11.1 Å². The Bertz CT molecular complexity index is 3790. The van der Waals surface area contributed by atoms with Gasteiger partial charge in [0.2, 0.25) is 0 Å². The quantitative estimate of drug-likeness (QED) is 0.175. The van der Waals surface area contributed by atoms with E-state index in [1.54, 1.807) is 0 Å². The van der Waals surface area contributed by atoms with Crippen LogP contribution >= 0.6 is 0 Å². The highest BCUT2D eigenvalue weighted by Gasteiger charge is 2.19. The van der Waals surface area contributed by atoms with E-state index < -0.39 is 0 Å². The molecule has 0 aliphatic rings. The van der Waals surface area contributed by atoms with Gasteiger partial charge >= 0.3 is 0 Å². The molecule has 9 aromatic carbocycles. The molecule has 0 amide bonds. The summed E-state index contributed by atoms with van der Waals surface area (Å²) in [6.07, 6.45) is 0. The highest BCUT2D eigenvalue weighted by atomic mass is 15.0. The molecule has 5 nitrogen and oxygen atoms in total. The van der Waals surface area contributed by atoms with Crippen LogP contribution in [0.5, 0.6) is 0 Å². The van der Waals surface area contributed by atoms with E-state index in [9.17, 15) is 10.5 Å². The van der Waals surface area contributed by atoms with Crippen molar-refractivity contribution in [3.05, 3.63) is 211 Å². The number of para-hydroxylation sites is 3. The van der Waals surface area contributed by atoms with E-state index in [-0.39, 0.29) is 0 Å². The predicted molar refractivity (Wildman–Crippen MR) is 250 cm³/mol. The second kappa shape index (κ2) is 13.5. The minimum absolute atomic E-state index is 0.601. The molecule has 0 spiro atoms. The number of aromatic nitrogens is 3. The molecule has 0 radical (unpaired) electrons. The lowest BCUT2D eigenvalue weighted by atomic mass is 9.98. The number of nitrogens with zero attached hydrogens (tertiary/aromatic N) is 5. The van der Waals surface area contributed by atoms with E-state index in [1.165, 1.54) is 21.8 Å². The Morgan fingerprint density at radius 2 is 0.787 bits per heavy atom. The molecule has 0 aliphatic heterocycles. The van der Waals surface area contributed by atoms with E-state index in [2.05, 4.69) is 196 Å². The second-order valence-corrected chi connectivity index (χ2v) is 15.6. The maximum Gasteiger partial charge on any atom is 0.0998 e. The fraction of sp³-hybridized carbons (Fsp3) is 0. The number of nitriles is 2. The summed E-state index contributed by atoms with van der Waals surface area (Å²) in [5, 5.41) is 27.3. The van der Waals surface area contributed by atoms with E-state index in [0.717, 1.165) is 82.9 Å². The summed E-state index contributed by atoms with van der Waals surface area (Å²) < 4.78 is 6.95. The van der Waals surface area contributed by atoms with Crippen molar-refractivity contribution in [3.63, 3.8) is 0 Å². The van der Waals surface area contributed by atoms with Crippen LogP contribution in [-0.4, -0.2) is 13.7 Å². The molecule has 3 heterocycles. The Morgan fingerprint density at radius 3 is 1.44 bits per heavy atom. The number of hydrogen-bond donors (Lipinski definition) is 0. The second-order valence-electron chi connectivity index (χ2n) is 15.6. The van der Waals surface area contributed by atoms with Crippen LogP contribution < -0.4 is 0 Å². The first kappa shape index (κ1) is 34.4. The first-order valence-corrected chi connectivity index (χ1v) is 20.4. The Hall–Kier alpha value is -8.64. The Kier molecular flexibility index (Phi) is 7.59. The third-order valence-electron chi connectivity index (χ3n) is 12.3. The fourth-order valence-corrected chi connectivity index (χ4v) is 9.58. The molecule has 12 aromatic rings. The van der Waals surface area contributed by atoms with Gasteiger partial charge in [-0.05, 0) is 114 Å². The van der Waals surface area contributed by atoms with Crippen molar-refractivity contribution >= 4 is 65.4 Å². The van der Waals surface area contributed by atoms with E-state index >= 15 is 0 Å². The molecular weight excluding hydrogens is 743 g/mol. The summed E-state index contributed by atoms with van der Waals surface area (Å²) in [6.45, 7) is 0. The van der Waals surface area contributed by atoms with Gasteiger partial charge < -0.3 is 13.7 Å². The van der Waals surface area contributed by atoms with Gasteiger partial charge in [0.05, 0.1) is 56.4 Å². The normalized spacial score (nSPS) is 11.6. The van der Waals surface area contributed by atoms with Crippen molar-refractivity contribution in [2.24, 2.45) is 0 Å². The standard InChI is InChI=1S/C56H33N5/c57-34-36-21-26-54-48(29-36)49-31-38(37-11-2-1-3-12-37)23-27-55(49)59(54)41-14-10-13-39(30-41)47-32-42(24-22-40(47)35-58)61-53-20-9-6-17-46(53)50-33-43(25-28-56(50)61)60-51-18-7-4-15-44(51)45-16-5-8-19-52(45)60/h1-33H. The first-order valence-electron chi connectivity index (χ1n) is 20.4. The number of fused-ring (bicyclic) bond motifs is 9. The zero-order valence-electron chi connectivity index (χ0n) is 32.8. The number of benzene rings is 9. The highest BCUT2D eigenvalue weighted by Crippen LogP contribution is 2.40. The van der Waals surface area contributed by atoms with Crippen LogP contribution in [-0.2, 0) is 0 Å². The molecule has 282 valence electrons. The summed E-state index contributed by atoms with van der Waals surface area (Å²) >= 11 is 0. The molecule has 5 heteroatoms. The van der Waals surface area contributed by atoms with Crippen molar-refractivity contribution in [2.75, 3.05) is 0 Å². The molecule has 0 saturated carbocycles. The molecule has 0 unspecified atom stereocenters. The summed E-state index contributed by atoms with van der Waals surface area (Å²) in [5.41, 5.74) is 14.9. The topological polar surface area (TPSA) is 62.4 Å².